The van der Waals surface area contributed by atoms with Crippen molar-refractivity contribution in [2.45, 2.75) is 616 Å². The predicted molar refractivity (Wildman–Crippen MR) is 631 cm³/mol. The molecular formula is C122H234N22O5. The van der Waals surface area contributed by atoms with Crippen LogP contribution in [0.15, 0.2) is 0 Å². The van der Waals surface area contributed by atoms with Crippen LogP contribution < -0.4 is 39.2 Å². The van der Waals surface area contributed by atoms with Crippen molar-refractivity contribution in [3.05, 3.63) is 5.82 Å². The van der Waals surface area contributed by atoms with E-state index >= 15 is 0 Å². The third kappa shape index (κ3) is 37.6. The molecular weight excluding hydrogens is 1850 g/mol. The maximum atomic E-state index is 6.93. The summed E-state index contributed by atoms with van der Waals surface area (Å²) in [5, 5.41) is 11.8. The largest absolute Gasteiger partial charge is 0.341 e. The maximum absolute atomic E-state index is 6.93. The zero-order valence-electron chi connectivity index (χ0n) is 103. The van der Waals surface area contributed by atoms with Crippen LogP contribution in [0.1, 0.15) is 543 Å². The molecule has 0 amide bonds. The molecule has 8 heterocycles. The fourth-order valence-corrected chi connectivity index (χ4v) is 26.7. The first-order chi connectivity index (χ1) is 70.8. The minimum Gasteiger partial charge on any atom is -0.341 e. The smallest absolute Gasteiger partial charge is 0.232 e. The van der Waals surface area contributed by atoms with Crippen molar-refractivity contribution in [1.29, 1.82) is 0 Å². The molecule has 0 spiro atoms. The van der Waals surface area contributed by atoms with Gasteiger partial charge in [-0.2, -0.15) is 70.2 Å². The van der Waals surface area contributed by atoms with E-state index < -0.39 is 0 Å². The summed E-state index contributed by atoms with van der Waals surface area (Å²) in [6.45, 7) is 94.7. The first-order valence-electron chi connectivity index (χ1n) is 62.3. The van der Waals surface area contributed by atoms with Crippen LogP contribution >= 0.6 is 0 Å². The van der Waals surface area contributed by atoms with Crippen molar-refractivity contribution in [2.75, 3.05) is 151 Å². The van der Waals surface area contributed by atoms with E-state index in [0.717, 1.165) is 434 Å². The molecule has 0 saturated carbocycles. The summed E-state index contributed by atoms with van der Waals surface area (Å²) in [6.07, 6.45) is 48.2. The first kappa shape index (κ1) is 129. The number of anilines is 8. The van der Waals surface area contributed by atoms with Crippen molar-refractivity contribution < 1.29 is 24.2 Å². The number of aromatic nitrogens is 9. The molecule has 862 valence electrons. The molecule has 5 aliphatic rings. The molecule has 5 saturated heterocycles. The Balaban J connectivity index is 1.21. The number of hydroxylamine groups is 10. The molecule has 0 N–H and O–H groups in total. The molecule has 1 unspecified atom stereocenters. The lowest BCUT2D eigenvalue weighted by Gasteiger charge is -2.56. The zero-order valence-corrected chi connectivity index (χ0v) is 103. The summed E-state index contributed by atoms with van der Waals surface area (Å²) >= 11 is 0. The standard InChI is InChI=1S/C122H234N22O5/c1-35-49-71-132(72-50-36-2)105-123-104(124-106(125-105)133(73-51-37-3)74-52-38-4)103(98-88-113(15,16)140(145-83-44-10)114(17,18)89-98)70-66-62-58-59-63-67-81-138(101-94-119(27,28)143(148-86-47-13)120(29,30)95-101)111-129-110(136(79-57-43-9)99-90-115(19,20)141(146-84-45-11)116(21,22)91-99)130-112(131-111)139(102-96-121(31,32)144(149-87-48-14)122(33,34)97-102)82-69-65-61-60-64-68-80-137(100-92-117(23,24)142(147-85-46-12)118(25,26)93-100)109-127-107(134(75-53-39-5)76-54-40-6)126-108(128-109)135(77-55-41-7)78-56-42-8/h98-103H,35-97H2,1-34H3. The van der Waals surface area contributed by atoms with E-state index in [2.05, 4.69) is 300 Å². The van der Waals surface area contributed by atoms with Crippen LogP contribution in [0.3, 0.4) is 0 Å². The minimum atomic E-state index is -0.308. The molecule has 0 radical (unpaired) electrons. The van der Waals surface area contributed by atoms with E-state index in [4.69, 9.17) is 69.0 Å². The summed E-state index contributed by atoms with van der Waals surface area (Å²) in [5.41, 5.74) is -2.64. The van der Waals surface area contributed by atoms with Crippen molar-refractivity contribution in [3.8, 4) is 0 Å². The number of hydrogen-bond acceptors (Lipinski definition) is 27. The third-order valence-corrected chi connectivity index (χ3v) is 32.9. The highest BCUT2D eigenvalue weighted by atomic mass is 16.7. The Bertz CT molecular complexity index is 3760. The second kappa shape index (κ2) is 61.8. The molecule has 149 heavy (non-hydrogen) atoms. The normalized spacial score (nSPS) is 19.9. The van der Waals surface area contributed by atoms with E-state index in [0.29, 0.717) is 32.3 Å². The number of piperidine rings is 5. The van der Waals surface area contributed by atoms with Crippen LogP contribution in [0, 0.1) is 5.92 Å². The van der Waals surface area contributed by atoms with Crippen LogP contribution in [-0.4, -0.2) is 261 Å². The van der Waals surface area contributed by atoms with E-state index in [-0.39, 0.29) is 85.5 Å². The van der Waals surface area contributed by atoms with Crippen molar-refractivity contribution in [3.63, 3.8) is 0 Å². The van der Waals surface area contributed by atoms with Crippen molar-refractivity contribution in [1.82, 2.24) is 70.2 Å². The monoisotopic (exact) mass is 2090 g/mol. The van der Waals surface area contributed by atoms with Crippen LogP contribution in [0.4, 0.5) is 47.6 Å². The van der Waals surface area contributed by atoms with Crippen LogP contribution in [0.25, 0.3) is 0 Å². The lowest BCUT2D eigenvalue weighted by molar-refractivity contribution is -0.289. The quantitative estimate of drug-likeness (QED) is 0.0482. The SMILES string of the molecule is CCCCN(CCCC)c1nc(C(CCCCCCCCN(c2nc(N(CCCC)C3CC(C)(C)N(OCCC)C(C)(C)C3)nc(N(CCCCCCCCN(c3nc(N(CCCC)CCCC)nc(N(CCCC)CCCC)n3)C3CC(C)(C)N(OCCC)C(C)(C)C3)C3CC(C)(C)N(OCCC)C(C)(C)C3)n2)C2CC(C)(C)N(OCCC)C(C)(C)C2)C2CC(C)(C)N(OCCC)C(C)(C)C2)nc(N(CCCC)CCCC)n1. The average molecular weight is 2090 g/mol. The Morgan fingerprint density at radius 2 is 0.369 bits per heavy atom. The Hall–Kier alpha value is -4.97. The summed E-state index contributed by atoms with van der Waals surface area (Å²) < 4.78 is 0. The highest BCUT2D eigenvalue weighted by Gasteiger charge is 2.55. The Morgan fingerprint density at radius 1 is 0.201 bits per heavy atom. The van der Waals surface area contributed by atoms with Gasteiger partial charge in [0.25, 0.3) is 0 Å². The number of rotatable bonds is 74. The van der Waals surface area contributed by atoms with Gasteiger partial charge in [0.15, 0.2) is 0 Å². The number of unbranched alkanes of at least 4 members (excludes halogenated alkanes) is 19. The predicted octanol–water partition coefficient (Wildman–Crippen LogP) is 29.5. The van der Waals surface area contributed by atoms with Crippen molar-refractivity contribution in [2.24, 2.45) is 5.92 Å². The average Bonchev–Trinajstić information content (AvgIpc) is 0.750. The van der Waals surface area contributed by atoms with Gasteiger partial charge in [-0.15, -0.1) is 0 Å². The van der Waals surface area contributed by atoms with Crippen LogP contribution in [-0.2, 0) is 24.2 Å². The summed E-state index contributed by atoms with van der Waals surface area (Å²) in [4.78, 5) is 108. The van der Waals surface area contributed by atoms with Gasteiger partial charge >= 0.3 is 0 Å². The number of nitrogens with zero attached hydrogens (tertiary/aromatic N) is 22. The highest BCUT2D eigenvalue weighted by Crippen LogP contribution is 2.52. The topological polar surface area (TPSA) is 204 Å². The van der Waals surface area contributed by atoms with Gasteiger partial charge < -0.3 is 39.2 Å². The molecule has 27 nitrogen and oxygen atoms in total. The second-order valence-electron chi connectivity index (χ2n) is 52.5. The molecule has 1 atom stereocenters. The van der Waals surface area contributed by atoms with Gasteiger partial charge in [0, 0.05) is 164 Å². The van der Waals surface area contributed by atoms with E-state index in [1.807, 2.05) is 0 Å². The van der Waals surface area contributed by atoms with Gasteiger partial charge in [-0.05, 0) is 324 Å². The second-order valence-corrected chi connectivity index (χ2v) is 52.5. The lowest BCUT2D eigenvalue weighted by Crippen LogP contribution is -2.65. The van der Waals surface area contributed by atoms with Gasteiger partial charge in [-0.25, -0.2) is 0 Å². The number of hydrogen-bond donors (Lipinski definition) is 0. The Labute approximate surface area is 915 Å². The molecule has 0 aromatic carbocycles. The van der Waals surface area contributed by atoms with Gasteiger partial charge in [-0.3, -0.25) is 24.2 Å². The fraction of sp³-hybridized carbons (Fsp3) is 0.926. The van der Waals surface area contributed by atoms with E-state index in [9.17, 15) is 0 Å². The van der Waals surface area contributed by atoms with Gasteiger partial charge in [-0.1, -0.05) is 213 Å². The molecule has 0 aliphatic carbocycles. The molecule has 3 aromatic heterocycles. The van der Waals surface area contributed by atoms with Crippen LogP contribution in [0.2, 0.25) is 0 Å². The van der Waals surface area contributed by atoms with Gasteiger partial charge in [0.05, 0.1) is 33.0 Å². The van der Waals surface area contributed by atoms with E-state index in [1.165, 1.54) is 0 Å². The van der Waals surface area contributed by atoms with Crippen molar-refractivity contribution >= 4 is 47.6 Å². The molecule has 5 fully saturated rings. The molecule has 0 bridgehead atoms. The fourth-order valence-electron chi connectivity index (χ4n) is 26.7. The third-order valence-electron chi connectivity index (χ3n) is 32.9. The van der Waals surface area contributed by atoms with Gasteiger partial charge in [0.1, 0.15) is 5.82 Å². The summed E-state index contributed by atoms with van der Waals surface area (Å²) in [6, 6.07) is 0.515. The Morgan fingerprint density at radius 3 is 0.577 bits per heavy atom. The summed E-state index contributed by atoms with van der Waals surface area (Å²) in [7, 11) is 0. The molecule has 8 rings (SSSR count). The first-order valence-corrected chi connectivity index (χ1v) is 62.3. The Kier molecular flexibility index (Phi) is 53.6. The summed E-state index contributed by atoms with van der Waals surface area (Å²) in [5.74, 6) is 8.28. The van der Waals surface area contributed by atoms with Crippen LogP contribution in [0.5, 0.6) is 0 Å². The molecule has 27 heteroatoms. The maximum Gasteiger partial charge on any atom is 0.232 e. The highest BCUT2D eigenvalue weighted by molar-refractivity contribution is 5.51. The zero-order chi connectivity index (χ0) is 110. The minimum absolute atomic E-state index is 0.0983. The van der Waals surface area contributed by atoms with E-state index in [1.54, 1.807) is 0 Å². The van der Waals surface area contributed by atoms with Gasteiger partial charge in [0.2, 0.25) is 47.6 Å². The molecule has 5 aliphatic heterocycles. The molecule has 3 aromatic rings. The lowest BCUT2D eigenvalue weighted by atomic mass is 9.69.